The molecule has 0 spiro atoms. The van der Waals surface area contributed by atoms with Crippen LogP contribution < -0.4 is 0 Å². The molecule has 0 unspecified atom stereocenters. The number of rotatable bonds is 3. The standard InChI is InChI=1S/C17H21N3O2S/c1-12-4-3-5-15(16(12)21)17(22)20-8-6-19(7-9-20)11-14-10-18-13(2)23-14/h3-5,10,21H,6-9,11H2,1-2H3. The van der Waals surface area contributed by atoms with Gasteiger partial charge in [-0.3, -0.25) is 9.69 Å². The van der Waals surface area contributed by atoms with Gasteiger partial charge in [-0.1, -0.05) is 12.1 Å². The topological polar surface area (TPSA) is 56.7 Å². The zero-order valence-electron chi connectivity index (χ0n) is 13.5. The number of para-hydroxylation sites is 1. The smallest absolute Gasteiger partial charge is 0.257 e. The van der Waals surface area contributed by atoms with E-state index in [1.165, 1.54) is 4.88 Å². The first kappa shape index (κ1) is 16.0. The molecule has 0 atom stereocenters. The molecule has 5 nitrogen and oxygen atoms in total. The molecule has 0 saturated carbocycles. The lowest BCUT2D eigenvalue weighted by atomic mass is 10.1. The van der Waals surface area contributed by atoms with Gasteiger partial charge in [0, 0.05) is 43.8 Å². The van der Waals surface area contributed by atoms with Crippen molar-refractivity contribution >= 4 is 17.2 Å². The monoisotopic (exact) mass is 331 g/mol. The largest absolute Gasteiger partial charge is 0.507 e. The number of carbonyl (C=O) groups excluding carboxylic acids is 1. The Hall–Kier alpha value is -1.92. The minimum absolute atomic E-state index is 0.0838. The number of phenols is 1. The number of carbonyl (C=O) groups is 1. The summed E-state index contributed by atoms with van der Waals surface area (Å²) in [6, 6.07) is 5.31. The second-order valence-corrected chi connectivity index (χ2v) is 7.20. The van der Waals surface area contributed by atoms with E-state index in [0.717, 1.165) is 30.2 Å². The van der Waals surface area contributed by atoms with Gasteiger partial charge in [0.25, 0.3) is 5.91 Å². The summed E-state index contributed by atoms with van der Waals surface area (Å²) in [6.07, 6.45) is 1.93. The maximum atomic E-state index is 12.6. The minimum atomic E-state index is -0.0838. The Morgan fingerprint density at radius 1 is 1.26 bits per heavy atom. The van der Waals surface area contributed by atoms with Crippen molar-refractivity contribution in [3.8, 4) is 5.75 Å². The Kier molecular flexibility index (Phi) is 4.63. The van der Waals surface area contributed by atoms with E-state index in [0.29, 0.717) is 18.7 Å². The van der Waals surface area contributed by atoms with Gasteiger partial charge in [-0.25, -0.2) is 4.98 Å². The molecule has 1 aliphatic rings. The molecule has 0 aliphatic carbocycles. The van der Waals surface area contributed by atoms with Gasteiger partial charge in [-0.05, 0) is 25.5 Å². The molecule has 1 aliphatic heterocycles. The fraction of sp³-hybridized carbons (Fsp3) is 0.412. The van der Waals surface area contributed by atoms with E-state index < -0.39 is 0 Å². The molecule has 2 aromatic rings. The SMILES string of the molecule is Cc1ncc(CN2CCN(C(=O)c3cccc(C)c3O)CC2)s1. The van der Waals surface area contributed by atoms with Gasteiger partial charge >= 0.3 is 0 Å². The number of hydrogen-bond acceptors (Lipinski definition) is 5. The average molecular weight is 331 g/mol. The maximum absolute atomic E-state index is 12.6. The van der Waals surface area contributed by atoms with Crippen LogP contribution >= 0.6 is 11.3 Å². The molecule has 1 saturated heterocycles. The Labute approximate surface area is 140 Å². The lowest BCUT2D eigenvalue weighted by Crippen LogP contribution is -2.48. The van der Waals surface area contributed by atoms with Crippen LogP contribution in [0.3, 0.4) is 0 Å². The Morgan fingerprint density at radius 3 is 2.65 bits per heavy atom. The van der Waals surface area contributed by atoms with Gasteiger partial charge in [-0.15, -0.1) is 11.3 Å². The van der Waals surface area contributed by atoms with Gasteiger partial charge in [0.2, 0.25) is 0 Å². The van der Waals surface area contributed by atoms with Crippen molar-refractivity contribution < 1.29 is 9.90 Å². The van der Waals surface area contributed by atoms with E-state index in [-0.39, 0.29) is 11.7 Å². The Morgan fingerprint density at radius 2 is 2.00 bits per heavy atom. The third-order valence-corrected chi connectivity index (χ3v) is 5.07. The number of amides is 1. The van der Waals surface area contributed by atoms with Crippen LogP contribution in [-0.2, 0) is 6.54 Å². The molecule has 1 aromatic carbocycles. The average Bonchev–Trinajstić information content (AvgIpc) is 2.95. The Balaban J connectivity index is 1.60. The van der Waals surface area contributed by atoms with E-state index in [2.05, 4.69) is 9.88 Å². The molecular weight excluding hydrogens is 310 g/mol. The molecule has 1 aromatic heterocycles. The molecule has 1 amide bonds. The summed E-state index contributed by atoms with van der Waals surface area (Å²) in [4.78, 5) is 22.3. The molecule has 23 heavy (non-hydrogen) atoms. The van der Waals surface area contributed by atoms with Crippen LogP contribution in [0.15, 0.2) is 24.4 Å². The summed E-state index contributed by atoms with van der Waals surface area (Å²) in [5.74, 6) is 0.0135. The maximum Gasteiger partial charge on any atom is 0.257 e. The van der Waals surface area contributed by atoms with E-state index in [1.54, 1.807) is 30.4 Å². The first-order valence-corrected chi connectivity index (χ1v) is 8.58. The summed E-state index contributed by atoms with van der Waals surface area (Å²) in [7, 11) is 0. The molecule has 1 N–H and O–H groups in total. The minimum Gasteiger partial charge on any atom is -0.507 e. The molecule has 6 heteroatoms. The van der Waals surface area contributed by atoms with Crippen molar-refractivity contribution in [2.45, 2.75) is 20.4 Å². The van der Waals surface area contributed by atoms with Crippen molar-refractivity contribution in [1.82, 2.24) is 14.8 Å². The summed E-state index contributed by atoms with van der Waals surface area (Å²) in [5.41, 5.74) is 1.13. The number of benzene rings is 1. The number of aryl methyl sites for hydroxylation is 2. The van der Waals surface area contributed by atoms with Gasteiger partial charge < -0.3 is 10.0 Å². The molecule has 122 valence electrons. The van der Waals surface area contributed by atoms with Gasteiger partial charge in [-0.2, -0.15) is 0 Å². The summed E-state index contributed by atoms with van der Waals surface area (Å²) in [6.45, 7) is 7.77. The predicted molar refractivity (Wildman–Crippen MR) is 90.9 cm³/mol. The number of phenolic OH excluding ortho intramolecular Hbond substituents is 1. The predicted octanol–water partition coefficient (Wildman–Crippen LogP) is 2.42. The molecule has 3 rings (SSSR count). The number of piperazine rings is 1. The van der Waals surface area contributed by atoms with Gasteiger partial charge in [0.1, 0.15) is 5.75 Å². The number of hydrogen-bond donors (Lipinski definition) is 1. The summed E-state index contributed by atoms with van der Waals surface area (Å²) < 4.78 is 0. The van der Waals surface area contributed by atoms with Crippen molar-refractivity contribution in [2.75, 3.05) is 26.2 Å². The van der Waals surface area contributed by atoms with E-state index in [9.17, 15) is 9.90 Å². The highest BCUT2D eigenvalue weighted by Gasteiger charge is 2.24. The third kappa shape index (κ3) is 3.54. The van der Waals surface area contributed by atoms with Crippen molar-refractivity contribution in [3.05, 3.63) is 45.4 Å². The van der Waals surface area contributed by atoms with E-state index in [4.69, 9.17) is 0 Å². The first-order valence-electron chi connectivity index (χ1n) is 7.76. The number of aromatic nitrogens is 1. The highest BCUT2D eigenvalue weighted by molar-refractivity contribution is 7.11. The van der Waals surface area contributed by atoms with Crippen LogP contribution in [0.2, 0.25) is 0 Å². The second-order valence-electron chi connectivity index (χ2n) is 5.89. The van der Waals surface area contributed by atoms with Gasteiger partial charge in [0.05, 0.1) is 10.6 Å². The fourth-order valence-electron chi connectivity index (χ4n) is 2.81. The molecule has 2 heterocycles. The Bertz CT molecular complexity index is 706. The van der Waals surface area contributed by atoms with Crippen molar-refractivity contribution in [3.63, 3.8) is 0 Å². The number of thiazole rings is 1. The van der Waals surface area contributed by atoms with E-state index in [1.807, 2.05) is 24.1 Å². The number of nitrogens with zero attached hydrogens (tertiary/aromatic N) is 3. The van der Waals surface area contributed by atoms with Crippen LogP contribution in [0.1, 0.15) is 25.8 Å². The molecule has 0 radical (unpaired) electrons. The lowest BCUT2D eigenvalue weighted by molar-refractivity contribution is 0.0626. The van der Waals surface area contributed by atoms with Gasteiger partial charge in [0.15, 0.2) is 0 Å². The van der Waals surface area contributed by atoms with Crippen LogP contribution in [0.4, 0.5) is 0 Å². The number of aromatic hydroxyl groups is 1. The van der Waals surface area contributed by atoms with Crippen molar-refractivity contribution in [1.29, 1.82) is 0 Å². The molecule has 1 fully saturated rings. The normalized spacial score (nSPS) is 15.8. The molecule has 0 bridgehead atoms. The molecular formula is C17H21N3O2S. The lowest BCUT2D eigenvalue weighted by Gasteiger charge is -2.34. The van der Waals surface area contributed by atoms with Crippen LogP contribution in [0.25, 0.3) is 0 Å². The fourth-order valence-corrected chi connectivity index (χ4v) is 3.65. The highest BCUT2D eigenvalue weighted by Crippen LogP contribution is 2.23. The summed E-state index contributed by atoms with van der Waals surface area (Å²) in [5, 5.41) is 11.2. The van der Waals surface area contributed by atoms with Crippen LogP contribution in [0, 0.1) is 13.8 Å². The zero-order chi connectivity index (χ0) is 16.4. The third-order valence-electron chi connectivity index (χ3n) is 4.18. The quantitative estimate of drug-likeness (QED) is 0.938. The van der Waals surface area contributed by atoms with E-state index >= 15 is 0 Å². The second kappa shape index (κ2) is 6.68. The first-order chi connectivity index (χ1) is 11.0. The van der Waals surface area contributed by atoms with Crippen LogP contribution in [-0.4, -0.2) is 52.0 Å². The zero-order valence-corrected chi connectivity index (χ0v) is 14.3. The highest BCUT2D eigenvalue weighted by atomic mass is 32.1. The van der Waals surface area contributed by atoms with Crippen LogP contribution in [0.5, 0.6) is 5.75 Å². The summed E-state index contributed by atoms with van der Waals surface area (Å²) >= 11 is 1.72. The van der Waals surface area contributed by atoms with Crippen molar-refractivity contribution in [2.24, 2.45) is 0 Å².